The van der Waals surface area contributed by atoms with Gasteiger partial charge < -0.3 is 10.1 Å². The lowest BCUT2D eigenvalue weighted by molar-refractivity contribution is 0.286. The molecule has 1 N–H and O–H groups in total. The second-order valence-corrected chi connectivity index (χ2v) is 5.10. The molecule has 0 saturated carbocycles. The van der Waals surface area contributed by atoms with Gasteiger partial charge in [-0.3, -0.25) is 0 Å². The van der Waals surface area contributed by atoms with E-state index < -0.39 is 0 Å². The molecule has 0 aromatic heterocycles. The summed E-state index contributed by atoms with van der Waals surface area (Å²) in [6, 6.07) is 15.3. The van der Waals surface area contributed by atoms with Crippen LogP contribution in [0.15, 0.2) is 42.5 Å². The number of benzene rings is 2. The number of nitrogens with one attached hydrogen (secondary N) is 1. The van der Waals surface area contributed by atoms with E-state index in [0.29, 0.717) is 6.61 Å². The molecule has 3 rings (SSSR count). The highest BCUT2D eigenvalue weighted by molar-refractivity contribution is 5.60. The molecule has 1 aliphatic heterocycles. The first-order valence-electron chi connectivity index (χ1n) is 6.85. The van der Waals surface area contributed by atoms with E-state index in [2.05, 4.69) is 55.6 Å². The molecule has 98 valence electrons. The van der Waals surface area contributed by atoms with Gasteiger partial charge in [-0.1, -0.05) is 37.3 Å². The van der Waals surface area contributed by atoms with E-state index in [4.69, 9.17) is 4.74 Å². The zero-order valence-electron chi connectivity index (χ0n) is 11.4. The largest absolute Gasteiger partial charge is 0.489 e. The third kappa shape index (κ3) is 2.43. The zero-order chi connectivity index (χ0) is 13.2. The second kappa shape index (κ2) is 4.96. The summed E-state index contributed by atoms with van der Waals surface area (Å²) in [5.41, 5.74) is 4.99. The molecule has 2 aromatic rings. The van der Waals surface area contributed by atoms with Crippen LogP contribution >= 0.6 is 0 Å². The van der Waals surface area contributed by atoms with Crippen LogP contribution in [0.4, 0.5) is 5.69 Å². The predicted octanol–water partition coefficient (Wildman–Crippen LogP) is 4.10. The summed E-state index contributed by atoms with van der Waals surface area (Å²) in [5.74, 6) is 0.951. The van der Waals surface area contributed by atoms with Crippen molar-refractivity contribution in [2.75, 3.05) is 11.9 Å². The molecule has 1 atom stereocenters. The Hall–Kier alpha value is -1.96. The molecule has 0 spiro atoms. The Balaban J connectivity index is 1.84. The van der Waals surface area contributed by atoms with Crippen LogP contribution < -0.4 is 10.1 Å². The molecule has 0 radical (unpaired) electrons. The topological polar surface area (TPSA) is 21.3 Å². The Morgan fingerprint density at radius 3 is 2.68 bits per heavy atom. The van der Waals surface area contributed by atoms with Crippen LogP contribution in [0.1, 0.15) is 29.7 Å². The lowest BCUT2D eigenvalue weighted by Gasteiger charge is -2.28. The standard InChI is InChI=1S/C17H19NO/c1-3-13-5-7-14(8-6-13)16-11-19-17-9-4-12(2)10-15(17)18-16/h4-10,16,18H,3,11H2,1-2H3. The molecule has 0 bridgehead atoms. The van der Waals surface area contributed by atoms with Crippen molar-refractivity contribution in [3.63, 3.8) is 0 Å². The van der Waals surface area contributed by atoms with Gasteiger partial charge in [0, 0.05) is 0 Å². The van der Waals surface area contributed by atoms with E-state index in [1.54, 1.807) is 0 Å². The minimum Gasteiger partial charge on any atom is -0.489 e. The van der Waals surface area contributed by atoms with Crippen LogP contribution in [0.25, 0.3) is 0 Å². The number of anilines is 1. The summed E-state index contributed by atoms with van der Waals surface area (Å²) < 4.78 is 5.84. The normalized spacial score (nSPS) is 17.3. The quantitative estimate of drug-likeness (QED) is 0.870. The summed E-state index contributed by atoms with van der Waals surface area (Å²) >= 11 is 0. The fourth-order valence-corrected chi connectivity index (χ4v) is 2.45. The van der Waals surface area contributed by atoms with Crippen LogP contribution in [0.5, 0.6) is 5.75 Å². The first-order valence-corrected chi connectivity index (χ1v) is 6.85. The number of hydrogen-bond acceptors (Lipinski definition) is 2. The van der Waals surface area contributed by atoms with Gasteiger partial charge in [0.1, 0.15) is 12.4 Å². The van der Waals surface area contributed by atoms with E-state index in [1.165, 1.54) is 16.7 Å². The van der Waals surface area contributed by atoms with Crippen molar-refractivity contribution in [3.05, 3.63) is 59.2 Å². The van der Waals surface area contributed by atoms with Gasteiger partial charge in [0.15, 0.2) is 0 Å². The van der Waals surface area contributed by atoms with Gasteiger partial charge in [-0.15, -0.1) is 0 Å². The van der Waals surface area contributed by atoms with Crippen LogP contribution in [0, 0.1) is 6.92 Å². The highest BCUT2D eigenvalue weighted by Gasteiger charge is 2.20. The van der Waals surface area contributed by atoms with Gasteiger partial charge >= 0.3 is 0 Å². The molecule has 0 amide bonds. The average Bonchev–Trinajstić information content (AvgIpc) is 2.46. The summed E-state index contributed by atoms with van der Waals surface area (Å²) in [5, 5.41) is 3.57. The number of ether oxygens (including phenoxy) is 1. The number of aryl methyl sites for hydroxylation is 2. The molecule has 0 fully saturated rings. The van der Waals surface area contributed by atoms with Crippen molar-refractivity contribution < 1.29 is 4.74 Å². The van der Waals surface area contributed by atoms with Crippen LogP contribution in [0.3, 0.4) is 0 Å². The predicted molar refractivity (Wildman–Crippen MR) is 78.9 cm³/mol. The van der Waals surface area contributed by atoms with E-state index in [1.807, 2.05) is 6.07 Å². The Labute approximate surface area is 114 Å². The fraction of sp³-hybridized carbons (Fsp3) is 0.294. The molecule has 0 aliphatic carbocycles. The van der Waals surface area contributed by atoms with Gasteiger partial charge in [0.2, 0.25) is 0 Å². The molecular formula is C17H19NO. The highest BCUT2D eigenvalue weighted by Crippen LogP contribution is 2.34. The maximum absolute atomic E-state index is 5.84. The third-order valence-corrected chi connectivity index (χ3v) is 3.66. The first kappa shape index (κ1) is 12.1. The lowest BCUT2D eigenvalue weighted by atomic mass is 10.0. The smallest absolute Gasteiger partial charge is 0.142 e. The molecule has 0 saturated heterocycles. The number of fused-ring (bicyclic) bond motifs is 1. The average molecular weight is 253 g/mol. The number of rotatable bonds is 2. The molecule has 2 heteroatoms. The van der Waals surface area contributed by atoms with Gasteiger partial charge in [-0.25, -0.2) is 0 Å². The van der Waals surface area contributed by atoms with E-state index in [-0.39, 0.29) is 6.04 Å². The van der Waals surface area contributed by atoms with Crippen LogP contribution in [-0.4, -0.2) is 6.61 Å². The Morgan fingerprint density at radius 1 is 1.16 bits per heavy atom. The maximum atomic E-state index is 5.84. The van der Waals surface area contributed by atoms with Crippen LogP contribution in [0.2, 0.25) is 0 Å². The van der Waals surface area contributed by atoms with E-state index in [9.17, 15) is 0 Å². The Morgan fingerprint density at radius 2 is 1.95 bits per heavy atom. The van der Waals surface area contributed by atoms with Crippen molar-refractivity contribution in [3.8, 4) is 5.75 Å². The molecule has 1 unspecified atom stereocenters. The minimum atomic E-state index is 0.236. The molecule has 2 nitrogen and oxygen atoms in total. The molecule has 19 heavy (non-hydrogen) atoms. The van der Waals surface area contributed by atoms with Crippen molar-refractivity contribution >= 4 is 5.69 Å². The molecule has 2 aromatic carbocycles. The SMILES string of the molecule is CCc1ccc(C2COc3ccc(C)cc3N2)cc1. The summed E-state index contributed by atoms with van der Waals surface area (Å²) in [4.78, 5) is 0. The van der Waals surface area contributed by atoms with Crippen molar-refractivity contribution in [2.24, 2.45) is 0 Å². The summed E-state index contributed by atoms with van der Waals surface area (Å²) in [6.07, 6.45) is 1.08. The second-order valence-electron chi connectivity index (χ2n) is 5.10. The van der Waals surface area contributed by atoms with Crippen molar-refractivity contribution in [1.29, 1.82) is 0 Å². The molecular weight excluding hydrogens is 234 g/mol. The number of hydrogen-bond donors (Lipinski definition) is 1. The first-order chi connectivity index (χ1) is 9.26. The summed E-state index contributed by atoms with van der Waals surface area (Å²) in [6.45, 7) is 4.96. The fourth-order valence-electron chi connectivity index (χ4n) is 2.45. The van der Waals surface area contributed by atoms with Crippen LogP contribution in [-0.2, 0) is 6.42 Å². The Kier molecular flexibility index (Phi) is 3.16. The Bertz CT molecular complexity index is 574. The van der Waals surface area contributed by atoms with Gasteiger partial charge in [0.05, 0.1) is 11.7 Å². The monoisotopic (exact) mass is 253 g/mol. The maximum Gasteiger partial charge on any atom is 0.142 e. The third-order valence-electron chi connectivity index (χ3n) is 3.66. The zero-order valence-corrected chi connectivity index (χ0v) is 11.4. The lowest BCUT2D eigenvalue weighted by Crippen LogP contribution is -2.23. The molecule has 1 heterocycles. The minimum absolute atomic E-state index is 0.236. The van der Waals surface area contributed by atoms with E-state index in [0.717, 1.165) is 17.9 Å². The van der Waals surface area contributed by atoms with Gasteiger partial charge in [0.25, 0.3) is 0 Å². The summed E-state index contributed by atoms with van der Waals surface area (Å²) in [7, 11) is 0. The van der Waals surface area contributed by atoms with Crippen molar-refractivity contribution in [1.82, 2.24) is 0 Å². The highest BCUT2D eigenvalue weighted by atomic mass is 16.5. The van der Waals surface area contributed by atoms with Gasteiger partial charge in [-0.2, -0.15) is 0 Å². The van der Waals surface area contributed by atoms with Gasteiger partial charge in [-0.05, 0) is 42.2 Å². The molecule has 1 aliphatic rings. The van der Waals surface area contributed by atoms with Crippen molar-refractivity contribution in [2.45, 2.75) is 26.3 Å². The van der Waals surface area contributed by atoms with E-state index >= 15 is 0 Å².